The summed E-state index contributed by atoms with van der Waals surface area (Å²) in [5, 5.41) is 1.41. The summed E-state index contributed by atoms with van der Waals surface area (Å²) in [5.74, 6) is 0.223. The molecule has 0 N–H and O–H groups in total. The Labute approximate surface area is 473 Å². The van der Waals surface area contributed by atoms with Gasteiger partial charge >= 0.3 is 0 Å². The summed E-state index contributed by atoms with van der Waals surface area (Å²) < 4.78 is 2.91. The monoisotopic (exact) mass is 1040 g/mol. The normalized spacial score (nSPS) is 24.0. The molecular formula is C74H85BN2S. The van der Waals surface area contributed by atoms with Crippen molar-refractivity contribution < 1.29 is 0 Å². The van der Waals surface area contributed by atoms with Gasteiger partial charge in [-0.05, 0) is 210 Å². The van der Waals surface area contributed by atoms with Crippen molar-refractivity contribution >= 4 is 83.5 Å². The molecule has 400 valence electrons. The van der Waals surface area contributed by atoms with Gasteiger partial charge in [0.05, 0.1) is 5.69 Å². The average Bonchev–Trinajstić information content (AvgIpc) is 4.03. The molecule has 4 heteroatoms. The minimum absolute atomic E-state index is 0.0278. The second kappa shape index (κ2) is 16.0. The Balaban J connectivity index is 1.13. The first-order valence-corrected chi connectivity index (χ1v) is 31.0. The summed E-state index contributed by atoms with van der Waals surface area (Å²) in [6.45, 7) is 41.8. The molecule has 2 saturated carbocycles. The molecule has 2 nitrogen and oxygen atoms in total. The van der Waals surface area contributed by atoms with E-state index < -0.39 is 0 Å². The predicted molar refractivity (Wildman–Crippen MR) is 339 cm³/mol. The van der Waals surface area contributed by atoms with Gasteiger partial charge in [0.2, 0.25) is 0 Å². The number of fused-ring (bicyclic) bond motifs is 10. The van der Waals surface area contributed by atoms with E-state index in [-0.39, 0.29) is 56.0 Å². The maximum absolute atomic E-state index is 2.84. The third-order valence-electron chi connectivity index (χ3n) is 22.2. The molecule has 0 spiro atoms. The van der Waals surface area contributed by atoms with Gasteiger partial charge in [-0.3, -0.25) is 0 Å². The van der Waals surface area contributed by atoms with Crippen molar-refractivity contribution in [3.8, 4) is 0 Å². The summed E-state index contributed by atoms with van der Waals surface area (Å²) in [5.41, 5.74) is 29.4. The second-order valence-corrected chi connectivity index (χ2v) is 32.3. The molecule has 3 atom stereocenters. The third kappa shape index (κ3) is 6.92. The van der Waals surface area contributed by atoms with Crippen molar-refractivity contribution in [2.24, 2.45) is 5.41 Å². The van der Waals surface area contributed by atoms with E-state index in [1.165, 1.54) is 156 Å². The Bertz CT molecular complexity index is 3770. The molecule has 1 aromatic heterocycles. The number of thiophene rings is 1. The van der Waals surface area contributed by atoms with Crippen LogP contribution in [-0.4, -0.2) is 6.71 Å². The lowest BCUT2D eigenvalue weighted by atomic mass is 9.36. The molecule has 0 amide bonds. The van der Waals surface area contributed by atoms with E-state index in [2.05, 4.69) is 242 Å². The molecule has 78 heavy (non-hydrogen) atoms. The number of allylic oxidation sites excluding steroid dienone is 2. The topological polar surface area (TPSA) is 6.48 Å². The number of anilines is 6. The first-order chi connectivity index (χ1) is 36.5. The summed E-state index contributed by atoms with van der Waals surface area (Å²) in [6, 6.07) is 43.6. The summed E-state index contributed by atoms with van der Waals surface area (Å²) in [4.78, 5) is 5.55. The molecule has 8 aliphatic rings. The van der Waals surface area contributed by atoms with Gasteiger partial charge in [-0.15, -0.1) is 11.3 Å². The van der Waals surface area contributed by atoms with Gasteiger partial charge in [0.15, 0.2) is 0 Å². The van der Waals surface area contributed by atoms with Crippen molar-refractivity contribution in [2.75, 3.05) is 9.80 Å². The largest absolute Gasteiger partial charge is 0.311 e. The minimum atomic E-state index is -0.0280. The van der Waals surface area contributed by atoms with E-state index in [4.69, 9.17) is 0 Å². The highest BCUT2D eigenvalue weighted by Gasteiger charge is 2.59. The molecule has 2 fully saturated rings. The Hall–Kier alpha value is -5.32. The van der Waals surface area contributed by atoms with Crippen LogP contribution in [0.15, 0.2) is 109 Å². The van der Waals surface area contributed by atoms with E-state index in [1.807, 2.05) is 0 Å². The van der Waals surface area contributed by atoms with Gasteiger partial charge in [-0.1, -0.05) is 178 Å². The highest BCUT2D eigenvalue weighted by atomic mass is 32.1. The molecule has 15 rings (SSSR count). The molecule has 6 aliphatic carbocycles. The van der Waals surface area contributed by atoms with Crippen LogP contribution in [0.2, 0.25) is 0 Å². The number of benzene rings is 6. The lowest BCUT2D eigenvalue weighted by Gasteiger charge is -2.50. The van der Waals surface area contributed by atoms with Crippen molar-refractivity contribution in [3.63, 3.8) is 0 Å². The van der Waals surface area contributed by atoms with Crippen LogP contribution >= 0.6 is 11.3 Å². The Kier molecular flexibility index (Phi) is 10.4. The number of hydrogen-bond donors (Lipinski definition) is 0. The molecule has 3 unspecified atom stereocenters. The van der Waals surface area contributed by atoms with Crippen LogP contribution in [0.4, 0.5) is 34.1 Å². The van der Waals surface area contributed by atoms with Crippen molar-refractivity contribution in [2.45, 2.75) is 213 Å². The standard InChI is InChI=1S/C74H85BN2S/c1-43-45-41-72(15,42-45)55-40-62-53(39-52(43)55)65-66(78-62)75-58-37-48(69(8,9)10)23-29-59(58)76(49-24-20-46(21-25-49)67(2,3)4)60-34-44(63-51-27-22-47(68(5,6)7)36-56(51)73(16)30-18-19-31-74(63,73)17)35-61(64(60)75)77(65)50-26-28-54-57(38-50)71(13,14)33-32-70(54,11)12/h20-29,34-40,63H,18-19,30-33,41-42H2,1-17H3. The number of rotatable bonds is 3. The molecule has 0 radical (unpaired) electrons. The van der Waals surface area contributed by atoms with Crippen LogP contribution in [0.25, 0.3) is 15.7 Å². The zero-order chi connectivity index (χ0) is 55.0. The molecule has 3 heterocycles. The maximum atomic E-state index is 2.84. The van der Waals surface area contributed by atoms with Gasteiger partial charge < -0.3 is 9.80 Å². The molecular weight excluding hydrogens is 960 g/mol. The Morgan fingerprint density at radius 3 is 1.82 bits per heavy atom. The number of hydrogen-bond acceptors (Lipinski definition) is 3. The van der Waals surface area contributed by atoms with E-state index in [1.54, 1.807) is 22.3 Å². The van der Waals surface area contributed by atoms with Crippen LogP contribution < -0.4 is 25.5 Å². The zero-order valence-electron chi connectivity index (χ0n) is 50.4. The molecule has 6 aromatic carbocycles. The van der Waals surface area contributed by atoms with Crippen molar-refractivity contribution in [1.29, 1.82) is 0 Å². The minimum Gasteiger partial charge on any atom is -0.311 e. The molecule has 0 saturated heterocycles. The number of nitrogens with zero attached hydrogens (tertiary/aromatic N) is 2. The Morgan fingerprint density at radius 2 is 1.14 bits per heavy atom. The summed E-state index contributed by atoms with van der Waals surface area (Å²) in [7, 11) is 0. The van der Waals surface area contributed by atoms with Crippen molar-refractivity contribution in [3.05, 3.63) is 164 Å². The van der Waals surface area contributed by atoms with Crippen LogP contribution in [-0.2, 0) is 37.9 Å². The molecule has 2 bridgehead atoms. The first-order valence-electron chi connectivity index (χ1n) is 30.2. The van der Waals surface area contributed by atoms with E-state index in [9.17, 15) is 0 Å². The average molecular weight is 1050 g/mol. The fourth-order valence-corrected chi connectivity index (χ4v) is 18.3. The highest BCUT2D eigenvalue weighted by molar-refractivity contribution is 7.33. The van der Waals surface area contributed by atoms with Crippen LogP contribution in [0, 0.1) is 5.41 Å². The van der Waals surface area contributed by atoms with Gasteiger partial charge in [0, 0.05) is 54.6 Å². The van der Waals surface area contributed by atoms with Gasteiger partial charge in [-0.2, -0.15) is 0 Å². The van der Waals surface area contributed by atoms with Gasteiger partial charge in [-0.25, -0.2) is 0 Å². The molecule has 2 aliphatic heterocycles. The first kappa shape index (κ1) is 50.9. The van der Waals surface area contributed by atoms with Crippen LogP contribution in [0.5, 0.6) is 0 Å². The van der Waals surface area contributed by atoms with E-state index in [0.717, 1.165) is 0 Å². The highest BCUT2D eigenvalue weighted by Crippen LogP contribution is 2.68. The van der Waals surface area contributed by atoms with Crippen LogP contribution in [0.1, 0.15) is 231 Å². The van der Waals surface area contributed by atoms with Gasteiger partial charge in [0.25, 0.3) is 6.71 Å². The molecule has 7 aromatic rings. The quantitative estimate of drug-likeness (QED) is 0.163. The van der Waals surface area contributed by atoms with E-state index >= 15 is 0 Å². The predicted octanol–water partition coefficient (Wildman–Crippen LogP) is 19.0. The fraction of sp³-hybridized carbons (Fsp3) is 0.459. The lowest BCUT2D eigenvalue weighted by molar-refractivity contribution is 0.0923. The van der Waals surface area contributed by atoms with Gasteiger partial charge in [0.1, 0.15) is 0 Å². The zero-order valence-corrected chi connectivity index (χ0v) is 51.2. The van der Waals surface area contributed by atoms with E-state index in [0.29, 0.717) is 0 Å². The summed E-state index contributed by atoms with van der Waals surface area (Å²) in [6.07, 6.45) is 9.79. The fourth-order valence-electron chi connectivity index (χ4n) is 17.0. The van der Waals surface area contributed by atoms with Crippen LogP contribution in [0.3, 0.4) is 0 Å². The van der Waals surface area contributed by atoms with Crippen molar-refractivity contribution in [1.82, 2.24) is 0 Å². The lowest BCUT2D eigenvalue weighted by Crippen LogP contribution is -2.60. The second-order valence-electron chi connectivity index (χ2n) is 31.2. The maximum Gasteiger partial charge on any atom is 0.264 e. The summed E-state index contributed by atoms with van der Waals surface area (Å²) >= 11 is 2.10. The smallest absolute Gasteiger partial charge is 0.264 e. The SMILES string of the molecule is CC1=C2CC(C)(C2)c2cc3sc4c(c3cc21)N(c1ccc2c(c1)C(C)(C)CCC2(C)C)c1cc(C2c3ccc(C(C)(C)C)cc3C3(C)CCCCC23C)cc2c1B4c1cc(C(C)(C)C)ccc1N2c1ccc(C(C)(C)C)cc1. The third-order valence-corrected chi connectivity index (χ3v) is 23.5. The Morgan fingerprint density at radius 1 is 0.538 bits per heavy atom.